The Balaban J connectivity index is 2.14. The molecule has 5 nitrogen and oxygen atoms in total. The molecule has 1 unspecified atom stereocenters. The van der Waals surface area contributed by atoms with E-state index < -0.39 is 4.08 Å². The van der Waals surface area contributed by atoms with Crippen LogP contribution in [-0.4, -0.2) is 39.2 Å². The average Bonchev–Trinajstić information content (AvgIpc) is 2.71. The van der Waals surface area contributed by atoms with E-state index in [1.165, 1.54) is 23.5 Å². The van der Waals surface area contributed by atoms with Gasteiger partial charge in [0.1, 0.15) is 17.8 Å². The van der Waals surface area contributed by atoms with Gasteiger partial charge in [0.15, 0.2) is 4.08 Å². The first-order valence-corrected chi connectivity index (χ1v) is 10.5. The molecule has 0 fully saturated rings. The van der Waals surface area contributed by atoms with Crippen LogP contribution in [0.3, 0.4) is 0 Å². The van der Waals surface area contributed by atoms with Crippen LogP contribution in [0.4, 0.5) is 5.69 Å². The van der Waals surface area contributed by atoms with E-state index in [4.69, 9.17) is 9.47 Å². The van der Waals surface area contributed by atoms with Gasteiger partial charge in [0.25, 0.3) is 5.91 Å². The smallest absolute Gasteiger partial charge is 0.258 e. The van der Waals surface area contributed by atoms with Gasteiger partial charge >= 0.3 is 0 Å². The number of nitrogens with zero attached hydrogens (tertiary/aromatic N) is 1. The summed E-state index contributed by atoms with van der Waals surface area (Å²) < 4.78 is 10.3. The van der Waals surface area contributed by atoms with Gasteiger partial charge in [-0.25, -0.2) is 0 Å². The third-order valence-corrected chi connectivity index (χ3v) is 7.36. The number of methoxy groups -OCH3 is 1. The number of carbonyl (C=O) groups is 2. The van der Waals surface area contributed by atoms with Crippen molar-refractivity contribution in [3.8, 4) is 11.5 Å². The van der Waals surface area contributed by atoms with E-state index in [0.29, 0.717) is 17.9 Å². The lowest BCUT2D eigenvalue weighted by atomic mass is 10.1. The van der Waals surface area contributed by atoms with E-state index in [1.54, 1.807) is 31.2 Å². The lowest BCUT2D eigenvalue weighted by Crippen LogP contribution is -2.44. The van der Waals surface area contributed by atoms with Crippen LogP contribution in [0.5, 0.6) is 11.5 Å². The molecule has 0 radical (unpaired) electrons. The van der Waals surface area contributed by atoms with Crippen molar-refractivity contribution < 1.29 is 19.1 Å². The molecule has 0 aromatic heterocycles. The largest absolute Gasteiger partial charge is 0.497 e. The highest BCUT2D eigenvalue weighted by Crippen LogP contribution is 2.58. The van der Waals surface area contributed by atoms with E-state index in [1.807, 2.05) is 36.6 Å². The van der Waals surface area contributed by atoms with Gasteiger partial charge in [-0.2, -0.15) is 0 Å². The number of likely N-dealkylation sites (N-methyl/N-ethyl adjacent to an activating group) is 1. The Labute approximate surface area is 167 Å². The standard InChI is InChI=1S/C20H21NO4S2/c1-21-16-7-4-5-8-18(16)27-20(26-3,19(21)23)15-13-14(24-2)9-10-17(15)25-12-6-11-22/h4-5,7-11,13H,6,12H2,1-3H3. The highest BCUT2D eigenvalue weighted by atomic mass is 32.2. The number of fused-ring (bicyclic) bond motifs is 1. The summed E-state index contributed by atoms with van der Waals surface area (Å²) in [5.41, 5.74) is 1.63. The number of aldehydes is 1. The molecule has 1 heterocycles. The molecule has 2 aromatic rings. The summed E-state index contributed by atoms with van der Waals surface area (Å²) in [5, 5.41) is 0. The van der Waals surface area contributed by atoms with Crippen LogP contribution in [0.1, 0.15) is 12.0 Å². The van der Waals surface area contributed by atoms with Crippen LogP contribution in [-0.2, 0) is 13.7 Å². The molecule has 1 amide bonds. The third kappa shape index (κ3) is 3.53. The van der Waals surface area contributed by atoms with Gasteiger partial charge in [-0.1, -0.05) is 23.9 Å². The fourth-order valence-electron chi connectivity index (χ4n) is 2.99. The molecular weight excluding hydrogens is 382 g/mol. The van der Waals surface area contributed by atoms with Crippen LogP contribution in [0, 0.1) is 0 Å². The summed E-state index contributed by atoms with van der Waals surface area (Å²) in [7, 11) is 3.38. The van der Waals surface area contributed by atoms with Gasteiger partial charge < -0.3 is 19.2 Å². The van der Waals surface area contributed by atoms with Crippen molar-refractivity contribution in [2.24, 2.45) is 0 Å². The van der Waals surface area contributed by atoms with E-state index in [0.717, 1.165) is 22.4 Å². The van der Waals surface area contributed by atoms with Crippen LogP contribution in [0.15, 0.2) is 47.4 Å². The maximum absolute atomic E-state index is 13.5. The Bertz CT molecular complexity index is 858. The molecular formula is C20H21NO4S2. The number of ether oxygens (including phenoxy) is 2. The number of thioether (sulfide) groups is 2. The highest BCUT2D eigenvalue weighted by Gasteiger charge is 2.49. The molecule has 0 bridgehead atoms. The predicted molar refractivity (Wildman–Crippen MR) is 110 cm³/mol. The Morgan fingerprint density at radius 3 is 2.74 bits per heavy atom. The fourth-order valence-corrected chi connectivity index (χ4v) is 5.55. The first kappa shape index (κ1) is 19.6. The van der Waals surface area contributed by atoms with Gasteiger partial charge in [0.05, 0.1) is 19.4 Å². The Hall–Kier alpha value is -2.12. The summed E-state index contributed by atoms with van der Waals surface area (Å²) in [5.74, 6) is 1.20. The number of anilines is 1. The lowest BCUT2D eigenvalue weighted by Gasteiger charge is -2.40. The van der Waals surface area contributed by atoms with Crippen LogP contribution in [0.25, 0.3) is 0 Å². The number of benzene rings is 2. The first-order chi connectivity index (χ1) is 13.1. The van der Waals surface area contributed by atoms with Gasteiger partial charge in [0, 0.05) is 23.9 Å². The Kier molecular flexibility index (Phi) is 6.01. The second-order valence-electron chi connectivity index (χ2n) is 5.92. The predicted octanol–water partition coefficient (Wildman–Crippen LogP) is 3.95. The van der Waals surface area contributed by atoms with Crippen molar-refractivity contribution in [1.82, 2.24) is 0 Å². The highest BCUT2D eigenvalue weighted by molar-refractivity contribution is 8.18. The number of para-hydroxylation sites is 1. The maximum atomic E-state index is 13.5. The summed E-state index contributed by atoms with van der Waals surface area (Å²) in [6.07, 6.45) is 3.03. The monoisotopic (exact) mass is 403 g/mol. The van der Waals surface area contributed by atoms with Gasteiger partial charge in [-0.15, -0.1) is 11.8 Å². The van der Waals surface area contributed by atoms with Crippen LogP contribution >= 0.6 is 23.5 Å². The molecule has 1 aliphatic rings. The van der Waals surface area contributed by atoms with Crippen molar-refractivity contribution >= 4 is 41.4 Å². The Morgan fingerprint density at radius 1 is 1.26 bits per heavy atom. The van der Waals surface area contributed by atoms with E-state index >= 15 is 0 Å². The van der Waals surface area contributed by atoms with E-state index in [-0.39, 0.29) is 12.5 Å². The molecule has 3 rings (SSSR count). The zero-order valence-electron chi connectivity index (χ0n) is 15.4. The summed E-state index contributed by atoms with van der Waals surface area (Å²) in [4.78, 5) is 26.8. The quantitative estimate of drug-likeness (QED) is 0.515. The molecule has 0 saturated carbocycles. The SMILES string of the molecule is COc1ccc(OCCC=O)c(C2(SC)Sc3ccccc3N(C)C2=O)c1. The molecule has 0 N–H and O–H groups in total. The summed E-state index contributed by atoms with van der Waals surface area (Å²) in [6.45, 7) is 0.262. The number of carbonyl (C=O) groups excluding carboxylic acids is 2. The third-order valence-electron chi connectivity index (χ3n) is 4.39. The molecule has 0 aliphatic carbocycles. The topological polar surface area (TPSA) is 55.8 Å². The van der Waals surface area contributed by atoms with Gasteiger partial charge in [-0.05, 0) is 36.6 Å². The second-order valence-corrected chi connectivity index (χ2v) is 8.46. The molecule has 27 heavy (non-hydrogen) atoms. The maximum Gasteiger partial charge on any atom is 0.258 e. The molecule has 1 aliphatic heterocycles. The van der Waals surface area contributed by atoms with Crippen LogP contribution in [0.2, 0.25) is 0 Å². The number of hydrogen-bond acceptors (Lipinski definition) is 6. The Morgan fingerprint density at radius 2 is 2.04 bits per heavy atom. The number of rotatable bonds is 7. The van der Waals surface area contributed by atoms with E-state index in [2.05, 4.69) is 0 Å². The second kappa shape index (κ2) is 8.27. The minimum absolute atomic E-state index is 0.0350. The minimum atomic E-state index is -0.909. The van der Waals surface area contributed by atoms with Crippen molar-refractivity contribution in [2.45, 2.75) is 15.4 Å². The summed E-state index contributed by atoms with van der Waals surface area (Å²) in [6, 6.07) is 13.3. The molecule has 7 heteroatoms. The van der Waals surface area contributed by atoms with E-state index in [9.17, 15) is 9.59 Å². The van der Waals surface area contributed by atoms with Crippen molar-refractivity contribution in [2.75, 3.05) is 31.9 Å². The normalized spacial score (nSPS) is 18.8. The zero-order valence-corrected chi connectivity index (χ0v) is 17.1. The molecule has 0 saturated heterocycles. The molecule has 1 atom stereocenters. The molecule has 2 aromatic carbocycles. The number of amides is 1. The molecule has 142 valence electrons. The van der Waals surface area contributed by atoms with Gasteiger partial charge in [-0.3, -0.25) is 4.79 Å². The van der Waals surface area contributed by atoms with Crippen molar-refractivity contribution in [1.29, 1.82) is 0 Å². The first-order valence-electron chi connectivity index (χ1n) is 8.43. The fraction of sp³-hybridized carbons (Fsp3) is 0.300. The zero-order chi connectivity index (χ0) is 19.4. The minimum Gasteiger partial charge on any atom is -0.497 e. The number of hydrogen-bond donors (Lipinski definition) is 0. The van der Waals surface area contributed by atoms with Crippen LogP contribution < -0.4 is 14.4 Å². The van der Waals surface area contributed by atoms with Crippen molar-refractivity contribution in [3.63, 3.8) is 0 Å². The lowest BCUT2D eigenvalue weighted by molar-refractivity contribution is -0.119. The van der Waals surface area contributed by atoms with Crippen molar-refractivity contribution in [3.05, 3.63) is 48.0 Å². The average molecular weight is 404 g/mol. The van der Waals surface area contributed by atoms with Gasteiger partial charge in [0.2, 0.25) is 0 Å². The molecule has 0 spiro atoms. The summed E-state index contributed by atoms with van der Waals surface area (Å²) >= 11 is 2.97.